The summed E-state index contributed by atoms with van der Waals surface area (Å²) in [4.78, 5) is 0. The van der Waals surface area contributed by atoms with Gasteiger partial charge in [0.05, 0.1) is 15.7 Å². The van der Waals surface area contributed by atoms with E-state index in [2.05, 4.69) is 12.2 Å². The van der Waals surface area contributed by atoms with Crippen LogP contribution in [-0.4, -0.2) is 6.04 Å². The van der Waals surface area contributed by atoms with Gasteiger partial charge in [-0.2, -0.15) is 0 Å². The van der Waals surface area contributed by atoms with E-state index in [4.69, 9.17) is 23.2 Å². The van der Waals surface area contributed by atoms with Gasteiger partial charge in [-0.25, -0.2) is 0 Å². The standard InChI is InChI=1S/C13H17Cl2N/c1-9-4-2-5-10(8-9)16-13-11(14)6-3-7-12(13)15/h3,6-7,9-10,16H,2,4-5,8H2,1H3. The zero-order chi connectivity index (χ0) is 11.5. The summed E-state index contributed by atoms with van der Waals surface area (Å²) >= 11 is 12.3. The number of hydrogen-bond acceptors (Lipinski definition) is 1. The molecule has 1 fully saturated rings. The lowest BCUT2D eigenvalue weighted by Crippen LogP contribution is -2.26. The number of anilines is 1. The highest BCUT2D eigenvalue weighted by Gasteiger charge is 2.20. The summed E-state index contributed by atoms with van der Waals surface area (Å²) in [5.41, 5.74) is 0.893. The van der Waals surface area contributed by atoms with Gasteiger partial charge in [0.2, 0.25) is 0 Å². The smallest absolute Gasteiger partial charge is 0.0721 e. The summed E-state index contributed by atoms with van der Waals surface area (Å²) in [6.07, 6.45) is 5.06. The van der Waals surface area contributed by atoms with Gasteiger partial charge >= 0.3 is 0 Å². The largest absolute Gasteiger partial charge is 0.380 e. The highest BCUT2D eigenvalue weighted by atomic mass is 35.5. The second kappa shape index (κ2) is 5.29. The van der Waals surface area contributed by atoms with Crippen molar-refractivity contribution in [3.05, 3.63) is 28.2 Å². The van der Waals surface area contributed by atoms with Crippen LogP contribution in [0.1, 0.15) is 32.6 Å². The molecular weight excluding hydrogens is 241 g/mol. The van der Waals surface area contributed by atoms with Crippen molar-refractivity contribution >= 4 is 28.9 Å². The molecule has 1 saturated carbocycles. The second-order valence-electron chi connectivity index (χ2n) is 4.71. The third-order valence-corrected chi connectivity index (χ3v) is 3.88. The van der Waals surface area contributed by atoms with E-state index in [-0.39, 0.29) is 0 Å². The van der Waals surface area contributed by atoms with Crippen LogP contribution < -0.4 is 5.32 Å². The van der Waals surface area contributed by atoms with E-state index in [1.807, 2.05) is 18.2 Å². The molecule has 0 amide bonds. The molecule has 1 aromatic rings. The molecule has 0 saturated heterocycles. The molecule has 0 radical (unpaired) electrons. The van der Waals surface area contributed by atoms with Crippen LogP contribution in [0.4, 0.5) is 5.69 Å². The van der Waals surface area contributed by atoms with E-state index in [9.17, 15) is 0 Å². The van der Waals surface area contributed by atoms with Gasteiger partial charge in [-0.1, -0.05) is 49.0 Å². The molecule has 1 aromatic carbocycles. The van der Waals surface area contributed by atoms with Gasteiger partial charge in [0, 0.05) is 6.04 Å². The minimum absolute atomic E-state index is 0.515. The maximum atomic E-state index is 6.14. The maximum absolute atomic E-state index is 6.14. The van der Waals surface area contributed by atoms with Crippen LogP contribution in [0.25, 0.3) is 0 Å². The summed E-state index contributed by atoms with van der Waals surface area (Å²) in [7, 11) is 0. The minimum atomic E-state index is 0.515. The Kier molecular flexibility index (Phi) is 3.99. The van der Waals surface area contributed by atoms with Crippen LogP contribution in [0.3, 0.4) is 0 Å². The van der Waals surface area contributed by atoms with E-state index in [1.54, 1.807) is 0 Å². The van der Waals surface area contributed by atoms with E-state index in [0.29, 0.717) is 16.1 Å². The van der Waals surface area contributed by atoms with E-state index in [1.165, 1.54) is 25.7 Å². The lowest BCUT2D eigenvalue weighted by molar-refractivity contribution is 0.358. The van der Waals surface area contributed by atoms with E-state index < -0.39 is 0 Å². The number of rotatable bonds is 2. The SMILES string of the molecule is CC1CCCC(Nc2c(Cl)cccc2Cl)C1. The van der Waals surface area contributed by atoms with Crippen LogP contribution >= 0.6 is 23.2 Å². The fraction of sp³-hybridized carbons (Fsp3) is 0.538. The Balaban J connectivity index is 2.08. The molecule has 88 valence electrons. The fourth-order valence-corrected chi connectivity index (χ4v) is 2.91. The molecule has 3 heteroatoms. The summed E-state index contributed by atoms with van der Waals surface area (Å²) < 4.78 is 0. The van der Waals surface area contributed by atoms with Crippen molar-refractivity contribution in [2.45, 2.75) is 38.6 Å². The molecule has 16 heavy (non-hydrogen) atoms. The Hall–Kier alpha value is -0.400. The molecule has 1 aliphatic carbocycles. The first-order valence-electron chi connectivity index (χ1n) is 5.87. The normalized spacial score (nSPS) is 25.4. The van der Waals surface area contributed by atoms with Crippen molar-refractivity contribution in [3.8, 4) is 0 Å². The van der Waals surface area contributed by atoms with Gasteiger partial charge in [0.15, 0.2) is 0 Å². The van der Waals surface area contributed by atoms with Crippen molar-refractivity contribution in [1.82, 2.24) is 0 Å². The first-order valence-corrected chi connectivity index (χ1v) is 6.63. The third kappa shape index (κ3) is 2.83. The number of hydrogen-bond donors (Lipinski definition) is 1. The topological polar surface area (TPSA) is 12.0 Å². The first-order chi connectivity index (χ1) is 7.66. The third-order valence-electron chi connectivity index (χ3n) is 3.25. The first kappa shape index (κ1) is 12.1. The molecule has 1 aliphatic rings. The molecule has 0 bridgehead atoms. The zero-order valence-electron chi connectivity index (χ0n) is 9.47. The Morgan fingerprint density at radius 3 is 2.50 bits per heavy atom. The van der Waals surface area contributed by atoms with Gasteiger partial charge in [0.1, 0.15) is 0 Å². The highest BCUT2D eigenvalue weighted by molar-refractivity contribution is 6.39. The van der Waals surface area contributed by atoms with Gasteiger partial charge in [0.25, 0.3) is 0 Å². The van der Waals surface area contributed by atoms with Crippen molar-refractivity contribution in [2.75, 3.05) is 5.32 Å². The van der Waals surface area contributed by atoms with Crippen LogP contribution in [0, 0.1) is 5.92 Å². The fourth-order valence-electron chi connectivity index (χ4n) is 2.41. The predicted molar refractivity (Wildman–Crippen MR) is 71.5 cm³/mol. The molecule has 0 aliphatic heterocycles. The highest BCUT2D eigenvalue weighted by Crippen LogP contribution is 2.33. The number of nitrogens with one attached hydrogen (secondary N) is 1. The minimum Gasteiger partial charge on any atom is -0.380 e. The van der Waals surface area contributed by atoms with Crippen LogP contribution in [-0.2, 0) is 0 Å². The van der Waals surface area contributed by atoms with Crippen LogP contribution in [0.15, 0.2) is 18.2 Å². The molecular formula is C13H17Cl2N. The van der Waals surface area contributed by atoms with E-state index in [0.717, 1.165) is 11.6 Å². The number of benzene rings is 1. The van der Waals surface area contributed by atoms with Crippen molar-refractivity contribution < 1.29 is 0 Å². The molecule has 0 heterocycles. The zero-order valence-corrected chi connectivity index (χ0v) is 11.0. The number of para-hydroxylation sites is 1. The quantitative estimate of drug-likeness (QED) is 0.788. The molecule has 1 N–H and O–H groups in total. The predicted octanol–water partition coefficient (Wildman–Crippen LogP) is 4.98. The van der Waals surface area contributed by atoms with Crippen molar-refractivity contribution in [2.24, 2.45) is 5.92 Å². The summed E-state index contributed by atoms with van der Waals surface area (Å²) in [6, 6.07) is 6.14. The molecule has 1 nitrogen and oxygen atoms in total. The molecule has 0 spiro atoms. The Morgan fingerprint density at radius 1 is 1.19 bits per heavy atom. The van der Waals surface area contributed by atoms with Gasteiger partial charge < -0.3 is 5.32 Å². The van der Waals surface area contributed by atoms with E-state index >= 15 is 0 Å². The molecule has 2 atom stereocenters. The second-order valence-corrected chi connectivity index (χ2v) is 5.52. The Morgan fingerprint density at radius 2 is 1.88 bits per heavy atom. The molecule has 2 rings (SSSR count). The number of halogens is 2. The van der Waals surface area contributed by atoms with Gasteiger partial charge in [-0.15, -0.1) is 0 Å². The Labute approximate surface area is 107 Å². The lowest BCUT2D eigenvalue weighted by Gasteiger charge is -2.29. The van der Waals surface area contributed by atoms with Crippen molar-refractivity contribution in [3.63, 3.8) is 0 Å². The van der Waals surface area contributed by atoms with Crippen LogP contribution in [0.2, 0.25) is 10.0 Å². The monoisotopic (exact) mass is 257 g/mol. The summed E-state index contributed by atoms with van der Waals surface area (Å²) in [5.74, 6) is 0.799. The average Bonchev–Trinajstić information content (AvgIpc) is 2.24. The molecule has 0 aromatic heterocycles. The summed E-state index contributed by atoms with van der Waals surface area (Å²) in [5, 5.41) is 4.91. The van der Waals surface area contributed by atoms with Gasteiger partial charge in [-0.3, -0.25) is 0 Å². The lowest BCUT2D eigenvalue weighted by atomic mass is 9.87. The Bertz CT molecular complexity index is 345. The van der Waals surface area contributed by atoms with Crippen molar-refractivity contribution in [1.29, 1.82) is 0 Å². The summed E-state index contributed by atoms with van der Waals surface area (Å²) in [6.45, 7) is 2.31. The van der Waals surface area contributed by atoms with Crippen LogP contribution in [0.5, 0.6) is 0 Å². The van der Waals surface area contributed by atoms with Gasteiger partial charge in [-0.05, 0) is 30.9 Å². The maximum Gasteiger partial charge on any atom is 0.0721 e. The molecule has 2 unspecified atom stereocenters. The average molecular weight is 258 g/mol.